The zero-order valence-corrected chi connectivity index (χ0v) is 17.2. The molecule has 4 rings (SSSR count). The predicted molar refractivity (Wildman–Crippen MR) is 107 cm³/mol. The first-order valence-corrected chi connectivity index (χ1v) is 10.4. The van der Waals surface area contributed by atoms with Gasteiger partial charge in [0, 0.05) is 76.4 Å². The number of hydrogen-bond donors (Lipinski definition) is 0. The Labute approximate surface area is 170 Å². The van der Waals surface area contributed by atoms with Gasteiger partial charge in [-0.25, -0.2) is 9.97 Å². The highest BCUT2D eigenvalue weighted by molar-refractivity contribution is 5.76. The van der Waals surface area contributed by atoms with E-state index in [-0.39, 0.29) is 17.7 Å². The SMILES string of the molecule is CC(=O)N1CCCC(c2ncc3c(n2)CCN(C(=O)CCn2cc(C)cn2)C3)C1. The molecule has 0 saturated carbocycles. The Kier molecular flexibility index (Phi) is 5.60. The second-order valence-electron chi connectivity index (χ2n) is 8.10. The quantitative estimate of drug-likeness (QED) is 0.785. The Hall–Kier alpha value is -2.77. The summed E-state index contributed by atoms with van der Waals surface area (Å²) in [5.41, 5.74) is 3.17. The molecule has 0 bridgehead atoms. The number of carbonyl (C=O) groups is 2. The fraction of sp³-hybridized carbons (Fsp3) is 0.571. The second-order valence-corrected chi connectivity index (χ2v) is 8.10. The van der Waals surface area contributed by atoms with E-state index < -0.39 is 0 Å². The van der Waals surface area contributed by atoms with Gasteiger partial charge in [0.25, 0.3) is 0 Å². The third kappa shape index (κ3) is 4.46. The third-order valence-electron chi connectivity index (χ3n) is 5.85. The summed E-state index contributed by atoms with van der Waals surface area (Å²) in [4.78, 5) is 37.5. The first-order valence-electron chi connectivity index (χ1n) is 10.4. The van der Waals surface area contributed by atoms with Gasteiger partial charge in [0.2, 0.25) is 11.8 Å². The van der Waals surface area contributed by atoms with Crippen LogP contribution in [0.5, 0.6) is 0 Å². The molecular weight excluding hydrogens is 368 g/mol. The molecule has 1 saturated heterocycles. The molecule has 0 radical (unpaired) electrons. The molecule has 2 aliphatic heterocycles. The Morgan fingerprint density at radius 1 is 1.21 bits per heavy atom. The average molecular weight is 396 g/mol. The molecule has 8 heteroatoms. The number of piperidine rings is 1. The molecule has 4 heterocycles. The van der Waals surface area contributed by atoms with Gasteiger partial charge in [-0.3, -0.25) is 14.3 Å². The maximum Gasteiger partial charge on any atom is 0.224 e. The largest absolute Gasteiger partial charge is 0.342 e. The highest BCUT2D eigenvalue weighted by atomic mass is 16.2. The van der Waals surface area contributed by atoms with Gasteiger partial charge in [-0.05, 0) is 25.3 Å². The molecule has 2 amide bonds. The van der Waals surface area contributed by atoms with Gasteiger partial charge in [-0.1, -0.05) is 0 Å². The van der Waals surface area contributed by atoms with Crippen molar-refractivity contribution >= 4 is 11.8 Å². The van der Waals surface area contributed by atoms with E-state index >= 15 is 0 Å². The van der Waals surface area contributed by atoms with Crippen molar-refractivity contribution in [2.24, 2.45) is 0 Å². The van der Waals surface area contributed by atoms with Crippen LogP contribution in [0.4, 0.5) is 0 Å². The third-order valence-corrected chi connectivity index (χ3v) is 5.85. The number of fused-ring (bicyclic) bond motifs is 1. The van der Waals surface area contributed by atoms with E-state index in [2.05, 4.69) is 10.1 Å². The molecule has 29 heavy (non-hydrogen) atoms. The molecule has 1 fully saturated rings. The van der Waals surface area contributed by atoms with Crippen LogP contribution in [0.25, 0.3) is 0 Å². The van der Waals surface area contributed by atoms with Gasteiger partial charge in [-0.15, -0.1) is 0 Å². The van der Waals surface area contributed by atoms with Crippen molar-refractivity contribution in [2.45, 2.75) is 58.5 Å². The Morgan fingerprint density at radius 2 is 2.07 bits per heavy atom. The summed E-state index contributed by atoms with van der Waals surface area (Å²) in [6.45, 7) is 6.99. The van der Waals surface area contributed by atoms with E-state index in [4.69, 9.17) is 4.98 Å². The lowest BCUT2D eigenvalue weighted by atomic mass is 9.96. The topological polar surface area (TPSA) is 84.2 Å². The molecule has 0 spiro atoms. The first-order chi connectivity index (χ1) is 14.0. The molecule has 8 nitrogen and oxygen atoms in total. The molecular formula is C21H28N6O2. The number of likely N-dealkylation sites (tertiary alicyclic amines) is 1. The standard InChI is InChI=1S/C21H28N6O2/c1-15-10-23-27(12-15)9-6-20(29)26-8-5-19-18(14-26)11-22-21(24-19)17-4-3-7-25(13-17)16(2)28/h10-12,17H,3-9,13-14H2,1-2H3. The second kappa shape index (κ2) is 8.31. The molecule has 0 aromatic carbocycles. The van der Waals surface area contributed by atoms with Crippen LogP contribution in [0, 0.1) is 6.92 Å². The van der Waals surface area contributed by atoms with Gasteiger partial charge >= 0.3 is 0 Å². The van der Waals surface area contributed by atoms with Crippen LogP contribution in [0.2, 0.25) is 0 Å². The van der Waals surface area contributed by atoms with Crippen LogP contribution in [0.1, 0.15) is 54.7 Å². The molecule has 0 N–H and O–H groups in total. The van der Waals surface area contributed by atoms with E-state index in [0.717, 1.165) is 48.5 Å². The summed E-state index contributed by atoms with van der Waals surface area (Å²) in [6.07, 6.45) is 8.83. The van der Waals surface area contributed by atoms with Crippen LogP contribution in [0.15, 0.2) is 18.6 Å². The Bertz CT molecular complexity index is 908. The summed E-state index contributed by atoms with van der Waals surface area (Å²) < 4.78 is 1.81. The Morgan fingerprint density at radius 3 is 2.83 bits per heavy atom. The van der Waals surface area contributed by atoms with Crippen molar-refractivity contribution in [1.29, 1.82) is 0 Å². The van der Waals surface area contributed by atoms with Gasteiger partial charge in [0.1, 0.15) is 5.82 Å². The van der Waals surface area contributed by atoms with Crippen LogP contribution in [-0.2, 0) is 29.1 Å². The van der Waals surface area contributed by atoms with E-state index in [1.807, 2.05) is 33.8 Å². The number of aromatic nitrogens is 4. The van der Waals surface area contributed by atoms with Gasteiger partial charge in [0.05, 0.1) is 11.9 Å². The van der Waals surface area contributed by atoms with Crippen molar-refractivity contribution in [1.82, 2.24) is 29.5 Å². The lowest BCUT2D eigenvalue weighted by molar-refractivity contribution is -0.132. The normalized spacial score (nSPS) is 19.2. The number of carbonyl (C=O) groups excluding carboxylic acids is 2. The molecule has 1 atom stereocenters. The van der Waals surface area contributed by atoms with E-state index in [9.17, 15) is 9.59 Å². The van der Waals surface area contributed by atoms with Gasteiger partial charge in [0.15, 0.2) is 0 Å². The number of amides is 2. The predicted octanol–water partition coefficient (Wildman–Crippen LogP) is 1.68. The van der Waals surface area contributed by atoms with Crippen molar-refractivity contribution in [3.63, 3.8) is 0 Å². The zero-order chi connectivity index (χ0) is 20.4. The fourth-order valence-electron chi connectivity index (χ4n) is 4.17. The van der Waals surface area contributed by atoms with Crippen molar-refractivity contribution < 1.29 is 9.59 Å². The molecule has 154 valence electrons. The highest BCUT2D eigenvalue weighted by Crippen LogP contribution is 2.26. The van der Waals surface area contributed by atoms with E-state index in [1.165, 1.54) is 0 Å². The number of nitrogens with zero attached hydrogens (tertiary/aromatic N) is 6. The van der Waals surface area contributed by atoms with E-state index in [0.29, 0.717) is 32.6 Å². The molecule has 2 aromatic rings. The summed E-state index contributed by atoms with van der Waals surface area (Å²) in [7, 11) is 0. The smallest absolute Gasteiger partial charge is 0.224 e. The number of aryl methyl sites for hydroxylation is 2. The molecule has 0 aliphatic carbocycles. The van der Waals surface area contributed by atoms with E-state index in [1.54, 1.807) is 13.1 Å². The first kappa shape index (κ1) is 19.5. The van der Waals surface area contributed by atoms with Crippen molar-refractivity contribution in [3.05, 3.63) is 41.2 Å². The summed E-state index contributed by atoms with van der Waals surface area (Å²) in [5.74, 6) is 1.29. The molecule has 2 aliphatic rings. The monoisotopic (exact) mass is 396 g/mol. The van der Waals surface area contributed by atoms with Crippen LogP contribution >= 0.6 is 0 Å². The summed E-state index contributed by atoms with van der Waals surface area (Å²) >= 11 is 0. The fourth-order valence-corrected chi connectivity index (χ4v) is 4.17. The minimum atomic E-state index is 0.118. The lowest BCUT2D eigenvalue weighted by Crippen LogP contribution is -2.39. The minimum absolute atomic E-state index is 0.118. The van der Waals surface area contributed by atoms with Crippen LogP contribution in [-0.4, -0.2) is 61.0 Å². The lowest BCUT2D eigenvalue weighted by Gasteiger charge is -2.32. The average Bonchev–Trinajstić information content (AvgIpc) is 3.16. The maximum atomic E-state index is 12.6. The number of hydrogen-bond acceptors (Lipinski definition) is 5. The zero-order valence-electron chi connectivity index (χ0n) is 17.2. The Balaban J connectivity index is 1.37. The van der Waals surface area contributed by atoms with Gasteiger partial charge < -0.3 is 9.80 Å². The van der Waals surface area contributed by atoms with Gasteiger partial charge in [-0.2, -0.15) is 5.10 Å². The van der Waals surface area contributed by atoms with Crippen molar-refractivity contribution in [3.8, 4) is 0 Å². The highest BCUT2D eigenvalue weighted by Gasteiger charge is 2.27. The van der Waals surface area contributed by atoms with Crippen LogP contribution in [0.3, 0.4) is 0 Å². The number of rotatable bonds is 4. The van der Waals surface area contributed by atoms with Crippen LogP contribution < -0.4 is 0 Å². The molecule has 2 aromatic heterocycles. The maximum absolute atomic E-state index is 12.6. The van der Waals surface area contributed by atoms with Crippen molar-refractivity contribution in [2.75, 3.05) is 19.6 Å². The molecule has 1 unspecified atom stereocenters. The summed E-state index contributed by atoms with van der Waals surface area (Å²) in [6, 6.07) is 0. The summed E-state index contributed by atoms with van der Waals surface area (Å²) in [5, 5.41) is 4.24. The minimum Gasteiger partial charge on any atom is -0.342 e.